The highest BCUT2D eigenvalue weighted by Crippen LogP contribution is 2.35. The summed E-state index contributed by atoms with van der Waals surface area (Å²) >= 11 is 0. The molecule has 17 heavy (non-hydrogen) atoms. The quantitative estimate of drug-likeness (QED) is 0.392. The molecule has 0 atom stereocenters. The fourth-order valence-electron chi connectivity index (χ4n) is 1.45. The van der Waals surface area contributed by atoms with Gasteiger partial charge in [0, 0.05) is 6.42 Å². The van der Waals surface area contributed by atoms with Crippen LogP contribution in [-0.4, -0.2) is 27.5 Å². The Balaban J connectivity index is 3.09. The van der Waals surface area contributed by atoms with Crippen LogP contribution in [0.4, 0.5) is 0 Å². The molecule has 0 saturated carbocycles. The van der Waals surface area contributed by atoms with Gasteiger partial charge in [-0.25, -0.2) is 4.57 Å². The maximum atomic E-state index is 10.3. The van der Waals surface area contributed by atoms with E-state index in [0.717, 1.165) is 38.5 Å². The van der Waals surface area contributed by atoms with Crippen molar-refractivity contribution in [3.05, 3.63) is 0 Å². The number of rotatable bonds is 11. The number of carboxylic acid groups (broad SMARTS) is 1. The predicted molar refractivity (Wildman–Crippen MR) is 62.6 cm³/mol. The van der Waals surface area contributed by atoms with Crippen molar-refractivity contribution >= 4 is 13.8 Å². The Morgan fingerprint density at radius 3 is 1.88 bits per heavy atom. The average Bonchev–Trinajstić information content (AvgIpc) is 2.18. The van der Waals surface area contributed by atoms with E-state index in [-0.39, 0.29) is 13.0 Å². The van der Waals surface area contributed by atoms with Crippen LogP contribution >= 0.6 is 7.82 Å². The van der Waals surface area contributed by atoms with Crippen LogP contribution in [0.3, 0.4) is 0 Å². The standard InChI is InChI=1S/C10H21O6P/c11-10(12)8-6-4-2-1-3-5-7-9-16-17(13,14)15/h1-9H2,(H,11,12)(H2,13,14,15). The van der Waals surface area contributed by atoms with E-state index in [0.29, 0.717) is 6.42 Å². The van der Waals surface area contributed by atoms with E-state index in [2.05, 4.69) is 4.52 Å². The number of unbranched alkanes of at least 4 members (excludes halogenated alkanes) is 6. The van der Waals surface area contributed by atoms with E-state index in [1.165, 1.54) is 0 Å². The molecule has 6 nitrogen and oxygen atoms in total. The molecule has 0 amide bonds. The minimum Gasteiger partial charge on any atom is -0.481 e. The summed E-state index contributed by atoms with van der Waals surface area (Å²) in [5.41, 5.74) is 0. The number of phosphoric acid groups is 1. The van der Waals surface area contributed by atoms with E-state index >= 15 is 0 Å². The first kappa shape index (κ1) is 16.6. The smallest absolute Gasteiger partial charge is 0.469 e. The molecule has 0 unspecified atom stereocenters. The SMILES string of the molecule is O=C(O)CCCCCCCCCOP(=O)(O)O. The largest absolute Gasteiger partial charge is 0.481 e. The Kier molecular flexibility index (Phi) is 9.36. The minimum absolute atomic E-state index is 0.0866. The first-order chi connectivity index (χ1) is 7.92. The van der Waals surface area contributed by atoms with E-state index in [4.69, 9.17) is 14.9 Å². The molecular formula is C10H21O6P. The van der Waals surface area contributed by atoms with Gasteiger partial charge in [0.1, 0.15) is 0 Å². The second-order valence-electron chi connectivity index (χ2n) is 3.94. The van der Waals surface area contributed by atoms with Crippen molar-refractivity contribution in [2.75, 3.05) is 6.61 Å². The van der Waals surface area contributed by atoms with Crippen LogP contribution < -0.4 is 0 Å². The summed E-state index contributed by atoms with van der Waals surface area (Å²) in [5.74, 6) is -0.750. The molecule has 0 aliphatic carbocycles. The Labute approximate surface area is 101 Å². The first-order valence-corrected chi connectivity index (χ1v) is 7.37. The lowest BCUT2D eigenvalue weighted by Gasteiger charge is -2.04. The van der Waals surface area contributed by atoms with E-state index in [1.54, 1.807) is 0 Å². The lowest BCUT2D eigenvalue weighted by atomic mass is 10.1. The zero-order chi connectivity index (χ0) is 13.1. The molecule has 0 aromatic heterocycles. The molecule has 0 aliphatic rings. The number of carbonyl (C=O) groups is 1. The Morgan fingerprint density at radius 1 is 0.941 bits per heavy atom. The second-order valence-corrected chi connectivity index (χ2v) is 5.18. The van der Waals surface area contributed by atoms with Gasteiger partial charge in [0.2, 0.25) is 0 Å². The molecular weight excluding hydrogens is 247 g/mol. The van der Waals surface area contributed by atoms with Crippen molar-refractivity contribution in [1.82, 2.24) is 0 Å². The van der Waals surface area contributed by atoms with Gasteiger partial charge in [0.25, 0.3) is 0 Å². The van der Waals surface area contributed by atoms with Crippen LogP contribution in [0.25, 0.3) is 0 Å². The van der Waals surface area contributed by atoms with Crippen molar-refractivity contribution < 1.29 is 28.8 Å². The third-order valence-electron chi connectivity index (χ3n) is 2.29. The lowest BCUT2D eigenvalue weighted by Crippen LogP contribution is -1.94. The molecule has 0 aliphatic heterocycles. The highest BCUT2D eigenvalue weighted by Gasteiger charge is 2.12. The van der Waals surface area contributed by atoms with Gasteiger partial charge in [-0.2, -0.15) is 0 Å². The fourth-order valence-corrected chi connectivity index (χ4v) is 1.81. The Bertz CT molecular complexity index is 249. The molecule has 0 aromatic rings. The van der Waals surface area contributed by atoms with Gasteiger partial charge < -0.3 is 14.9 Å². The van der Waals surface area contributed by atoms with Gasteiger partial charge in [0.05, 0.1) is 6.61 Å². The summed E-state index contributed by atoms with van der Waals surface area (Å²) in [7, 11) is -4.30. The van der Waals surface area contributed by atoms with Crippen LogP contribution in [0.5, 0.6) is 0 Å². The number of hydrogen-bond donors (Lipinski definition) is 3. The molecule has 0 radical (unpaired) electrons. The monoisotopic (exact) mass is 268 g/mol. The summed E-state index contributed by atoms with van der Waals surface area (Å²) in [6, 6.07) is 0. The third-order valence-corrected chi connectivity index (χ3v) is 2.81. The maximum absolute atomic E-state index is 10.3. The molecule has 0 spiro atoms. The van der Waals surface area contributed by atoms with Gasteiger partial charge in [-0.1, -0.05) is 32.1 Å². The molecule has 0 saturated heterocycles. The number of hydrogen-bond acceptors (Lipinski definition) is 3. The van der Waals surface area contributed by atoms with Gasteiger partial charge in [-0.3, -0.25) is 9.32 Å². The summed E-state index contributed by atoms with van der Waals surface area (Å²) in [6.45, 7) is 0.0866. The Hall–Kier alpha value is -0.420. The topological polar surface area (TPSA) is 104 Å². The summed E-state index contributed by atoms with van der Waals surface area (Å²) in [5, 5.41) is 8.40. The minimum atomic E-state index is -4.30. The van der Waals surface area contributed by atoms with E-state index in [1.807, 2.05) is 0 Å². The Morgan fingerprint density at radius 2 is 1.41 bits per heavy atom. The molecule has 0 rings (SSSR count). The molecule has 0 aromatic carbocycles. The lowest BCUT2D eigenvalue weighted by molar-refractivity contribution is -0.137. The zero-order valence-electron chi connectivity index (χ0n) is 9.88. The molecule has 0 heterocycles. The summed E-state index contributed by atoms with van der Waals surface area (Å²) in [4.78, 5) is 27.0. The maximum Gasteiger partial charge on any atom is 0.469 e. The summed E-state index contributed by atoms with van der Waals surface area (Å²) < 4.78 is 14.6. The number of phosphoric ester groups is 1. The van der Waals surface area contributed by atoms with Crippen molar-refractivity contribution in [3.63, 3.8) is 0 Å². The number of aliphatic carboxylic acids is 1. The van der Waals surface area contributed by atoms with Gasteiger partial charge in [0.15, 0.2) is 0 Å². The van der Waals surface area contributed by atoms with Crippen LogP contribution in [0, 0.1) is 0 Å². The van der Waals surface area contributed by atoms with Gasteiger partial charge >= 0.3 is 13.8 Å². The average molecular weight is 268 g/mol. The highest BCUT2D eigenvalue weighted by atomic mass is 31.2. The molecule has 7 heteroatoms. The van der Waals surface area contributed by atoms with Crippen molar-refractivity contribution in [1.29, 1.82) is 0 Å². The van der Waals surface area contributed by atoms with E-state index < -0.39 is 13.8 Å². The van der Waals surface area contributed by atoms with Gasteiger partial charge in [-0.05, 0) is 12.8 Å². The fraction of sp³-hybridized carbons (Fsp3) is 0.900. The zero-order valence-corrected chi connectivity index (χ0v) is 10.8. The molecule has 0 bridgehead atoms. The van der Waals surface area contributed by atoms with E-state index in [9.17, 15) is 9.36 Å². The summed E-state index contributed by atoms with van der Waals surface area (Å²) in [6.07, 6.45) is 6.40. The molecule has 0 fully saturated rings. The van der Waals surface area contributed by atoms with Crippen molar-refractivity contribution in [3.8, 4) is 0 Å². The van der Waals surface area contributed by atoms with Gasteiger partial charge in [-0.15, -0.1) is 0 Å². The first-order valence-electron chi connectivity index (χ1n) is 5.84. The highest BCUT2D eigenvalue weighted by molar-refractivity contribution is 7.46. The van der Waals surface area contributed by atoms with Crippen LogP contribution in [0.15, 0.2) is 0 Å². The van der Waals surface area contributed by atoms with Crippen LogP contribution in [-0.2, 0) is 13.9 Å². The molecule has 102 valence electrons. The number of carboxylic acids is 1. The molecule has 3 N–H and O–H groups in total. The van der Waals surface area contributed by atoms with Crippen molar-refractivity contribution in [2.45, 2.75) is 51.4 Å². The third kappa shape index (κ3) is 15.6. The normalized spacial score (nSPS) is 11.6. The van der Waals surface area contributed by atoms with Crippen molar-refractivity contribution in [2.24, 2.45) is 0 Å². The second kappa shape index (κ2) is 9.59. The van der Waals surface area contributed by atoms with Crippen LogP contribution in [0.1, 0.15) is 51.4 Å². The predicted octanol–water partition coefficient (Wildman–Crippen LogP) is 2.30. The van der Waals surface area contributed by atoms with Crippen LogP contribution in [0.2, 0.25) is 0 Å².